The maximum absolute atomic E-state index is 6.05. The smallest absolute Gasteiger partial charge is 0.229 e. The first kappa shape index (κ1) is 17.3. The van der Waals surface area contributed by atoms with Crippen LogP contribution in [0.5, 0.6) is 5.75 Å². The summed E-state index contributed by atoms with van der Waals surface area (Å²) in [5, 5.41) is 7.14. The fraction of sp³-hybridized carbons (Fsp3) is 0.412. The van der Waals surface area contributed by atoms with Crippen molar-refractivity contribution in [2.45, 2.75) is 33.1 Å². The van der Waals surface area contributed by atoms with Gasteiger partial charge in [0, 0.05) is 23.3 Å². The van der Waals surface area contributed by atoms with Gasteiger partial charge in [0.15, 0.2) is 0 Å². The number of methoxy groups -OCH3 is 1. The Morgan fingerprint density at radius 1 is 1.17 bits per heavy atom. The molecule has 1 aromatic heterocycles. The van der Waals surface area contributed by atoms with Crippen molar-refractivity contribution in [1.82, 2.24) is 9.97 Å². The van der Waals surface area contributed by atoms with Crippen LogP contribution in [0.2, 0.25) is 5.02 Å². The lowest BCUT2D eigenvalue weighted by atomic mass is 10.2. The van der Waals surface area contributed by atoms with Crippen LogP contribution in [0, 0.1) is 6.92 Å². The zero-order valence-corrected chi connectivity index (χ0v) is 14.6. The number of hydrogen-bond acceptors (Lipinski definition) is 5. The number of nitrogens with zero attached hydrogens (tertiary/aromatic N) is 2. The van der Waals surface area contributed by atoms with Gasteiger partial charge >= 0.3 is 0 Å². The minimum Gasteiger partial charge on any atom is -0.495 e. The lowest BCUT2D eigenvalue weighted by Gasteiger charge is -2.12. The fourth-order valence-electron chi connectivity index (χ4n) is 2.20. The number of unbranched alkanes of at least 4 members (excludes halogenated alkanes) is 2. The van der Waals surface area contributed by atoms with E-state index in [0.717, 1.165) is 30.2 Å². The summed E-state index contributed by atoms with van der Waals surface area (Å²) in [6.45, 7) is 5.04. The Morgan fingerprint density at radius 2 is 2.00 bits per heavy atom. The third kappa shape index (κ3) is 5.28. The number of aryl methyl sites for hydroxylation is 1. The first-order valence-corrected chi connectivity index (χ1v) is 8.20. The average molecular weight is 335 g/mol. The molecule has 124 valence electrons. The van der Waals surface area contributed by atoms with Crippen LogP contribution >= 0.6 is 11.6 Å². The van der Waals surface area contributed by atoms with Crippen molar-refractivity contribution >= 4 is 29.1 Å². The van der Waals surface area contributed by atoms with E-state index in [1.54, 1.807) is 19.2 Å². The summed E-state index contributed by atoms with van der Waals surface area (Å²) in [4.78, 5) is 8.92. The second kappa shape index (κ2) is 8.58. The summed E-state index contributed by atoms with van der Waals surface area (Å²) >= 11 is 6.05. The second-order valence-corrected chi connectivity index (χ2v) is 5.76. The Balaban J connectivity index is 2.13. The van der Waals surface area contributed by atoms with E-state index in [1.807, 2.05) is 19.1 Å². The number of aromatic nitrogens is 2. The van der Waals surface area contributed by atoms with E-state index in [1.165, 1.54) is 12.8 Å². The molecule has 0 amide bonds. The van der Waals surface area contributed by atoms with Gasteiger partial charge in [0.05, 0.1) is 12.8 Å². The van der Waals surface area contributed by atoms with E-state index < -0.39 is 0 Å². The molecule has 0 fully saturated rings. The van der Waals surface area contributed by atoms with Crippen molar-refractivity contribution in [3.8, 4) is 5.75 Å². The molecule has 2 N–H and O–H groups in total. The molecule has 0 saturated carbocycles. The lowest BCUT2D eigenvalue weighted by molar-refractivity contribution is 0.417. The Morgan fingerprint density at radius 3 is 2.74 bits per heavy atom. The van der Waals surface area contributed by atoms with Crippen LogP contribution in [-0.2, 0) is 0 Å². The third-order valence-corrected chi connectivity index (χ3v) is 3.58. The molecule has 2 aromatic rings. The van der Waals surface area contributed by atoms with Crippen LogP contribution in [-0.4, -0.2) is 23.6 Å². The second-order valence-electron chi connectivity index (χ2n) is 5.32. The topological polar surface area (TPSA) is 59.1 Å². The molecule has 0 aliphatic carbocycles. The highest BCUT2D eigenvalue weighted by Crippen LogP contribution is 2.29. The molecule has 0 radical (unpaired) electrons. The van der Waals surface area contributed by atoms with Gasteiger partial charge in [0.25, 0.3) is 0 Å². The van der Waals surface area contributed by atoms with Crippen LogP contribution in [0.1, 0.15) is 31.9 Å². The van der Waals surface area contributed by atoms with Gasteiger partial charge in [-0.1, -0.05) is 31.4 Å². The summed E-state index contributed by atoms with van der Waals surface area (Å²) < 4.78 is 5.33. The van der Waals surface area contributed by atoms with Crippen molar-refractivity contribution in [3.63, 3.8) is 0 Å². The molecule has 0 aliphatic rings. The molecule has 0 bridgehead atoms. The van der Waals surface area contributed by atoms with Crippen molar-refractivity contribution in [1.29, 1.82) is 0 Å². The maximum atomic E-state index is 6.05. The number of nitrogens with one attached hydrogen (secondary N) is 2. The van der Waals surface area contributed by atoms with Gasteiger partial charge in [-0.3, -0.25) is 0 Å². The number of ether oxygens (including phenoxy) is 1. The fourth-order valence-corrected chi connectivity index (χ4v) is 2.38. The van der Waals surface area contributed by atoms with Gasteiger partial charge in [-0.25, -0.2) is 4.98 Å². The summed E-state index contributed by atoms with van der Waals surface area (Å²) in [6, 6.07) is 7.32. The van der Waals surface area contributed by atoms with Crippen LogP contribution in [0.25, 0.3) is 0 Å². The zero-order valence-electron chi connectivity index (χ0n) is 13.8. The highest BCUT2D eigenvalue weighted by Gasteiger charge is 2.08. The molecular weight excluding hydrogens is 312 g/mol. The molecule has 23 heavy (non-hydrogen) atoms. The highest BCUT2D eigenvalue weighted by molar-refractivity contribution is 6.30. The number of rotatable bonds is 8. The molecule has 0 unspecified atom stereocenters. The maximum Gasteiger partial charge on any atom is 0.229 e. The molecule has 1 heterocycles. The predicted octanol–water partition coefficient (Wildman–Crippen LogP) is 4.79. The highest BCUT2D eigenvalue weighted by atomic mass is 35.5. The number of hydrogen-bond donors (Lipinski definition) is 2. The summed E-state index contributed by atoms with van der Waals surface area (Å²) in [7, 11) is 1.62. The predicted molar refractivity (Wildman–Crippen MR) is 96.1 cm³/mol. The Hall–Kier alpha value is -2.01. The zero-order chi connectivity index (χ0) is 16.7. The summed E-state index contributed by atoms with van der Waals surface area (Å²) in [6.07, 6.45) is 3.54. The SMILES string of the molecule is CCCCCNc1cc(C)nc(Nc2cc(Cl)ccc2OC)n1. The van der Waals surface area contributed by atoms with E-state index in [0.29, 0.717) is 16.7 Å². The molecule has 2 rings (SSSR count). The summed E-state index contributed by atoms with van der Waals surface area (Å²) in [5.74, 6) is 2.03. The van der Waals surface area contributed by atoms with Crippen molar-refractivity contribution < 1.29 is 4.74 Å². The number of anilines is 3. The minimum absolute atomic E-state index is 0.517. The average Bonchev–Trinajstić information content (AvgIpc) is 2.51. The molecule has 0 atom stereocenters. The molecule has 0 saturated heterocycles. The van der Waals surface area contributed by atoms with E-state index in [9.17, 15) is 0 Å². The van der Waals surface area contributed by atoms with Gasteiger partial charge in [-0.15, -0.1) is 0 Å². The third-order valence-electron chi connectivity index (χ3n) is 3.35. The van der Waals surface area contributed by atoms with Gasteiger partial charge < -0.3 is 15.4 Å². The van der Waals surface area contributed by atoms with Crippen molar-refractivity contribution in [3.05, 3.63) is 35.0 Å². The van der Waals surface area contributed by atoms with E-state index in [-0.39, 0.29) is 0 Å². The molecule has 0 aliphatic heterocycles. The Bertz CT molecular complexity index is 648. The Labute approximate surface area is 142 Å². The van der Waals surface area contributed by atoms with Gasteiger partial charge in [-0.2, -0.15) is 4.98 Å². The minimum atomic E-state index is 0.517. The molecule has 6 heteroatoms. The largest absolute Gasteiger partial charge is 0.495 e. The van der Waals surface area contributed by atoms with Gasteiger partial charge in [0.1, 0.15) is 11.6 Å². The van der Waals surface area contributed by atoms with E-state index in [2.05, 4.69) is 27.5 Å². The Kier molecular flexibility index (Phi) is 6.47. The molecule has 0 spiro atoms. The summed E-state index contributed by atoms with van der Waals surface area (Å²) in [5.41, 5.74) is 1.63. The normalized spacial score (nSPS) is 10.4. The molecule has 1 aromatic carbocycles. The van der Waals surface area contributed by atoms with Gasteiger partial charge in [-0.05, 0) is 31.5 Å². The quantitative estimate of drug-likeness (QED) is 0.679. The lowest BCUT2D eigenvalue weighted by Crippen LogP contribution is -2.07. The van der Waals surface area contributed by atoms with Crippen LogP contribution in [0.15, 0.2) is 24.3 Å². The standard InChI is InChI=1S/C17H23ClN4O/c1-4-5-6-9-19-16-10-12(2)20-17(22-16)21-14-11-13(18)7-8-15(14)23-3/h7-8,10-11H,4-6,9H2,1-3H3,(H2,19,20,21,22). The number of benzene rings is 1. The van der Waals surface area contributed by atoms with Gasteiger partial charge in [0.2, 0.25) is 5.95 Å². The van der Waals surface area contributed by atoms with E-state index >= 15 is 0 Å². The molecule has 5 nitrogen and oxygen atoms in total. The monoisotopic (exact) mass is 334 g/mol. The van der Waals surface area contributed by atoms with Crippen LogP contribution in [0.4, 0.5) is 17.5 Å². The van der Waals surface area contributed by atoms with Crippen LogP contribution in [0.3, 0.4) is 0 Å². The van der Waals surface area contributed by atoms with Crippen LogP contribution < -0.4 is 15.4 Å². The molecular formula is C17H23ClN4O. The first-order chi connectivity index (χ1) is 11.1. The first-order valence-electron chi connectivity index (χ1n) is 7.82. The van der Waals surface area contributed by atoms with Crippen molar-refractivity contribution in [2.75, 3.05) is 24.3 Å². The number of halogens is 1. The van der Waals surface area contributed by atoms with Crippen molar-refractivity contribution in [2.24, 2.45) is 0 Å². The van der Waals surface area contributed by atoms with E-state index in [4.69, 9.17) is 16.3 Å².